The average molecular weight is 436 g/mol. The monoisotopic (exact) mass is 435 g/mol. The number of hydrogen-bond donors (Lipinski definition) is 2. The summed E-state index contributed by atoms with van der Waals surface area (Å²) in [4.78, 5) is 15.8. The van der Waals surface area contributed by atoms with Crippen LogP contribution in [-0.2, 0) is 10.0 Å². The molecule has 0 spiro atoms. The molecule has 9 heteroatoms. The maximum absolute atomic E-state index is 12.7. The van der Waals surface area contributed by atoms with E-state index in [1.54, 1.807) is 36.4 Å². The molecule has 3 saturated heterocycles. The zero-order valence-electron chi connectivity index (χ0n) is 16.4. The lowest BCUT2D eigenvalue weighted by Crippen LogP contribution is -2.62. The van der Waals surface area contributed by atoms with Gasteiger partial charge in [0.2, 0.25) is 10.0 Å². The number of rotatable bonds is 6. The van der Waals surface area contributed by atoms with Crippen LogP contribution in [0.4, 0.5) is 5.69 Å². The summed E-state index contributed by atoms with van der Waals surface area (Å²) in [5, 5.41) is 3.84. The maximum atomic E-state index is 12.7. The zero-order valence-corrected chi connectivity index (χ0v) is 18.1. The Morgan fingerprint density at radius 3 is 2.45 bits per heavy atom. The van der Waals surface area contributed by atoms with Gasteiger partial charge in [-0.3, -0.25) is 14.4 Å². The molecule has 156 valence electrons. The number of anilines is 1. The van der Waals surface area contributed by atoms with Gasteiger partial charge >= 0.3 is 0 Å². The number of fused-ring (bicyclic) bond motifs is 3. The minimum Gasteiger partial charge on any atom is -0.447 e. The average Bonchev–Trinajstić information content (AvgIpc) is 3.14. The van der Waals surface area contributed by atoms with Crippen molar-refractivity contribution in [2.24, 2.45) is 5.92 Å². The Morgan fingerprint density at radius 1 is 1.14 bits per heavy atom. The fraction of sp³-hybridized carbons (Fsp3) is 0.450. The number of benzene rings is 1. The Hall–Kier alpha value is -2.10. The minimum absolute atomic E-state index is 0.0526. The van der Waals surface area contributed by atoms with Crippen molar-refractivity contribution in [3.8, 4) is 10.8 Å². The van der Waals surface area contributed by atoms with E-state index in [9.17, 15) is 13.2 Å². The van der Waals surface area contributed by atoms with Crippen molar-refractivity contribution in [2.45, 2.75) is 31.8 Å². The molecule has 1 aromatic carbocycles. The van der Waals surface area contributed by atoms with Gasteiger partial charge < -0.3 is 10.1 Å². The van der Waals surface area contributed by atoms with Crippen LogP contribution in [-0.4, -0.2) is 50.7 Å². The van der Waals surface area contributed by atoms with Gasteiger partial charge in [0.15, 0.2) is 5.06 Å². The van der Waals surface area contributed by atoms with Crippen molar-refractivity contribution in [2.75, 3.05) is 24.1 Å². The molecule has 4 heterocycles. The van der Waals surface area contributed by atoms with Gasteiger partial charge in [-0.2, -0.15) is 0 Å². The number of ether oxygens (including phenoxy) is 1. The smallest absolute Gasteiger partial charge is 0.261 e. The Labute approximate surface area is 175 Å². The minimum atomic E-state index is -3.31. The first-order chi connectivity index (χ1) is 13.8. The molecule has 2 aromatic rings. The summed E-state index contributed by atoms with van der Waals surface area (Å²) < 4.78 is 30.7. The normalized spacial score (nSPS) is 26.1. The van der Waals surface area contributed by atoms with Crippen molar-refractivity contribution < 1.29 is 17.9 Å². The summed E-state index contributed by atoms with van der Waals surface area (Å²) in [5.41, 5.74) is 0.470. The second-order valence-corrected chi connectivity index (χ2v) is 10.5. The van der Waals surface area contributed by atoms with Gasteiger partial charge in [-0.05, 0) is 75.2 Å². The van der Waals surface area contributed by atoms with Crippen LogP contribution < -0.4 is 14.8 Å². The van der Waals surface area contributed by atoms with Crippen molar-refractivity contribution in [1.29, 1.82) is 0 Å². The van der Waals surface area contributed by atoms with Gasteiger partial charge in [0.25, 0.3) is 5.91 Å². The van der Waals surface area contributed by atoms with Crippen LogP contribution in [0.3, 0.4) is 0 Å². The van der Waals surface area contributed by atoms with E-state index in [4.69, 9.17) is 4.74 Å². The molecule has 0 aliphatic carbocycles. The third-order valence-electron chi connectivity index (χ3n) is 5.66. The summed E-state index contributed by atoms with van der Waals surface area (Å²) in [7, 11) is -3.31. The molecule has 2 bridgehead atoms. The maximum Gasteiger partial charge on any atom is 0.261 e. The molecule has 1 aromatic heterocycles. The predicted molar refractivity (Wildman–Crippen MR) is 114 cm³/mol. The molecule has 2 N–H and O–H groups in total. The topological polar surface area (TPSA) is 87.7 Å². The molecule has 29 heavy (non-hydrogen) atoms. The van der Waals surface area contributed by atoms with Gasteiger partial charge in [-0.15, -0.1) is 0 Å². The first-order valence-corrected chi connectivity index (χ1v) is 12.4. The molecular formula is C20H25N3O4S2. The number of amides is 1. The lowest BCUT2D eigenvalue weighted by molar-refractivity contribution is 0.0218. The third-order valence-corrected chi connectivity index (χ3v) is 7.23. The van der Waals surface area contributed by atoms with Gasteiger partial charge in [-0.25, -0.2) is 8.42 Å². The number of nitrogens with one attached hydrogen (secondary N) is 2. The Morgan fingerprint density at radius 2 is 1.83 bits per heavy atom. The second kappa shape index (κ2) is 7.97. The number of carbonyl (C=O) groups is 1. The molecule has 1 amide bonds. The second-order valence-electron chi connectivity index (χ2n) is 7.73. The highest BCUT2D eigenvalue weighted by molar-refractivity contribution is 7.92. The number of thiophene rings is 1. The van der Waals surface area contributed by atoms with E-state index in [1.807, 2.05) is 0 Å². The Balaban J connectivity index is 1.37. The van der Waals surface area contributed by atoms with Gasteiger partial charge in [0.1, 0.15) is 5.75 Å². The SMILES string of the molecule is C[C@H]1[C@H](NC(=O)c2ccc(Oc3ccc(NS(C)(=O)=O)cc3)s2)C2CCN1CC2. The predicted octanol–water partition coefficient (Wildman–Crippen LogP) is 3.12. The summed E-state index contributed by atoms with van der Waals surface area (Å²) in [6.45, 7) is 4.46. The number of hydrogen-bond acceptors (Lipinski definition) is 6. The van der Waals surface area contributed by atoms with E-state index in [2.05, 4.69) is 21.9 Å². The summed E-state index contributed by atoms with van der Waals surface area (Å²) in [6.07, 6.45) is 3.41. The molecule has 2 atom stereocenters. The molecule has 3 aliphatic heterocycles. The molecule has 3 aliphatic rings. The highest BCUT2D eigenvalue weighted by atomic mass is 32.2. The van der Waals surface area contributed by atoms with Crippen LogP contribution in [0.25, 0.3) is 0 Å². The zero-order chi connectivity index (χ0) is 20.6. The van der Waals surface area contributed by atoms with Crippen LogP contribution in [0.2, 0.25) is 0 Å². The van der Waals surface area contributed by atoms with Crippen molar-refractivity contribution in [1.82, 2.24) is 10.2 Å². The Bertz CT molecular complexity index is 977. The van der Waals surface area contributed by atoms with Gasteiger partial charge in [-0.1, -0.05) is 11.3 Å². The molecule has 3 fully saturated rings. The number of nitrogens with zero attached hydrogens (tertiary/aromatic N) is 1. The lowest BCUT2D eigenvalue weighted by atomic mass is 9.79. The van der Waals surface area contributed by atoms with E-state index in [1.165, 1.54) is 11.3 Å². The van der Waals surface area contributed by atoms with Crippen molar-refractivity contribution in [3.63, 3.8) is 0 Å². The largest absolute Gasteiger partial charge is 0.447 e. The standard InChI is InChI=1S/C20H25N3O4S2/c1-13-19(14-9-11-23(13)12-10-14)21-20(24)17-7-8-18(28-17)27-16-5-3-15(4-6-16)22-29(2,25)26/h3-8,13-14,19,22H,9-12H2,1-2H3,(H,21,24)/t13-,19-/m0/s1. The fourth-order valence-corrected chi connectivity index (χ4v) is 5.53. The number of piperidine rings is 3. The highest BCUT2D eigenvalue weighted by Gasteiger charge is 2.40. The van der Waals surface area contributed by atoms with Gasteiger partial charge in [0, 0.05) is 17.8 Å². The highest BCUT2D eigenvalue weighted by Crippen LogP contribution is 2.34. The number of sulfonamides is 1. The quantitative estimate of drug-likeness (QED) is 0.728. The lowest BCUT2D eigenvalue weighted by Gasteiger charge is -2.49. The first-order valence-electron chi connectivity index (χ1n) is 9.69. The fourth-order valence-electron chi connectivity index (χ4n) is 4.19. The summed E-state index contributed by atoms with van der Waals surface area (Å²) in [6, 6.07) is 10.8. The van der Waals surface area contributed by atoms with Crippen LogP contribution in [0, 0.1) is 5.92 Å². The molecular weight excluding hydrogens is 410 g/mol. The molecule has 0 saturated carbocycles. The molecule has 0 unspecified atom stereocenters. The van der Waals surface area contributed by atoms with Gasteiger partial charge in [0.05, 0.1) is 11.1 Å². The van der Waals surface area contributed by atoms with Crippen LogP contribution in [0.15, 0.2) is 36.4 Å². The molecule has 5 rings (SSSR count). The molecule has 7 nitrogen and oxygen atoms in total. The summed E-state index contributed by atoms with van der Waals surface area (Å²) in [5.74, 6) is 1.08. The first kappa shape index (κ1) is 20.2. The van der Waals surface area contributed by atoms with E-state index >= 15 is 0 Å². The number of carbonyl (C=O) groups excluding carboxylic acids is 1. The Kier molecular flexibility index (Phi) is 5.54. The van der Waals surface area contributed by atoms with E-state index in [-0.39, 0.29) is 11.9 Å². The van der Waals surface area contributed by atoms with Crippen LogP contribution >= 0.6 is 11.3 Å². The third kappa shape index (κ3) is 4.73. The van der Waals surface area contributed by atoms with E-state index in [0.717, 1.165) is 32.2 Å². The van der Waals surface area contributed by atoms with Crippen LogP contribution in [0.1, 0.15) is 29.4 Å². The van der Waals surface area contributed by atoms with Crippen LogP contribution in [0.5, 0.6) is 10.8 Å². The molecule has 0 radical (unpaired) electrons. The summed E-state index contributed by atoms with van der Waals surface area (Å²) >= 11 is 1.30. The van der Waals surface area contributed by atoms with Crippen molar-refractivity contribution >= 4 is 33.0 Å². The van der Waals surface area contributed by atoms with E-state index in [0.29, 0.717) is 33.3 Å². The van der Waals surface area contributed by atoms with Crippen molar-refractivity contribution in [3.05, 3.63) is 41.3 Å². The van der Waals surface area contributed by atoms with E-state index < -0.39 is 10.0 Å².